The first kappa shape index (κ1) is 27.2. The van der Waals surface area contributed by atoms with Crippen molar-refractivity contribution in [1.82, 2.24) is 29.9 Å². The largest absolute Gasteiger partial charge is 0.494 e. The number of hydrogen-bond donors (Lipinski definition) is 0. The molecule has 12 nitrogen and oxygen atoms in total. The van der Waals surface area contributed by atoms with Crippen molar-refractivity contribution in [1.29, 1.82) is 0 Å². The number of ether oxygens (including phenoxy) is 3. The van der Waals surface area contributed by atoms with E-state index < -0.39 is 26.9 Å². The van der Waals surface area contributed by atoms with Crippen LogP contribution in [0.25, 0.3) is 28.2 Å². The number of rotatable bonds is 10. The SMILES string of the molecule is COc1cccc(OC)c1-n1c(CS(=O)(=O)[C@@H](C)[C@H](OC)c2ncc(C)cn2)nnc1-c1noc2ccccc12. The maximum absolute atomic E-state index is 13.8. The average molecular weight is 565 g/mol. The zero-order chi connectivity index (χ0) is 28.4. The predicted molar refractivity (Wildman–Crippen MR) is 146 cm³/mol. The summed E-state index contributed by atoms with van der Waals surface area (Å²) in [7, 11) is 0.544. The minimum atomic E-state index is -3.90. The van der Waals surface area contributed by atoms with Gasteiger partial charge in [-0.1, -0.05) is 23.4 Å². The van der Waals surface area contributed by atoms with E-state index in [-0.39, 0.29) is 17.5 Å². The van der Waals surface area contributed by atoms with Crippen molar-refractivity contribution in [3.63, 3.8) is 0 Å². The molecule has 0 N–H and O–H groups in total. The standard InChI is InChI=1S/C27H28N6O6S/c1-16-13-28-26(29-14-16)25(38-5)17(2)40(34,35)15-22-30-31-27(23-18-9-6-7-10-19(18)39-32-23)33(22)24-20(36-3)11-8-12-21(24)37-4/h6-14,17,25H,15H2,1-5H3/t17-,25-/m0/s1. The summed E-state index contributed by atoms with van der Waals surface area (Å²) in [6.07, 6.45) is 2.33. The lowest BCUT2D eigenvalue weighted by Gasteiger charge is -2.22. The molecule has 0 spiro atoms. The van der Waals surface area contributed by atoms with Crippen LogP contribution >= 0.6 is 0 Å². The second-order valence-electron chi connectivity index (χ2n) is 9.10. The fraction of sp³-hybridized carbons (Fsp3) is 0.296. The molecule has 3 heterocycles. The fourth-order valence-corrected chi connectivity index (χ4v) is 5.87. The van der Waals surface area contributed by atoms with Crippen LogP contribution in [-0.2, 0) is 20.3 Å². The summed E-state index contributed by atoms with van der Waals surface area (Å²) in [6.45, 7) is 3.41. The third-order valence-corrected chi connectivity index (χ3v) is 8.62. The number of nitrogens with zero attached hydrogens (tertiary/aromatic N) is 6. The van der Waals surface area contributed by atoms with Crippen molar-refractivity contribution in [2.45, 2.75) is 31.0 Å². The second kappa shape index (κ2) is 11.0. The molecule has 13 heteroatoms. The Hall–Kier alpha value is -4.36. The molecule has 5 rings (SSSR count). The minimum absolute atomic E-state index is 0.122. The first-order chi connectivity index (χ1) is 19.3. The summed E-state index contributed by atoms with van der Waals surface area (Å²) in [4.78, 5) is 8.57. The lowest BCUT2D eigenvalue weighted by Crippen LogP contribution is -2.30. The molecule has 0 saturated carbocycles. The second-order valence-corrected chi connectivity index (χ2v) is 11.5. The van der Waals surface area contributed by atoms with Crippen LogP contribution in [0.3, 0.4) is 0 Å². The Kier molecular flexibility index (Phi) is 7.50. The van der Waals surface area contributed by atoms with E-state index in [0.717, 1.165) is 5.56 Å². The molecule has 0 aliphatic heterocycles. The number of sulfone groups is 1. The molecule has 0 unspecified atom stereocenters. The van der Waals surface area contributed by atoms with Gasteiger partial charge in [-0.3, -0.25) is 4.57 Å². The van der Waals surface area contributed by atoms with Crippen molar-refractivity contribution in [3.05, 3.63) is 72.1 Å². The molecule has 0 bridgehead atoms. The van der Waals surface area contributed by atoms with Gasteiger partial charge in [-0.25, -0.2) is 18.4 Å². The van der Waals surface area contributed by atoms with Gasteiger partial charge in [0.2, 0.25) is 0 Å². The number of fused-ring (bicyclic) bond motifs is 1. The third-order valence-electron chi connectivity index (χ3n) is 6.58. The monoisotopic (exact) mass is 564 g/mol. The van der Waals surface area contributed by atoms with E-state index in [1.54, 1.807) is 48.1 Å². The Morgan fingerprint density at radius 3 is 2.27 bits per heavy atom. The van der Waals surface area contributed by atoms with Gasteiger partial charge in [0.1, 0.15) is 29.0 Å². The molecule has 0 fully saturated rings. The molecule has 0 aliphatic rings. The van der Waals surface area contributed by atoms with Crippen molar-refractivity contribution >= 4 is 20.8 Å². The van der Waals surface area contributed by atoms with Crippen LogP contribution < -0.4 is 9.47 Å². The van der Waals surface area contributed by atoms with Crippen LogP contribution in [0, 0.1) is 6.92 Å². The van der Waals surface area contributed by atoms with E-state index in [0.29, 0.717) is 33.8 Å². The van der Waals surface area contributed by atoms with Crippen LogP contribution in [0.5, 0.6) is 11.5 Å². The summed E-state index contributed by atoms with van der Waals surface area (Å²) in [5.74, 6) is 1.01. The molecule has 5 aromatic rings. The van der Waals surface area contributed by atoms with Gasteiger partial charge < -0.3 is 18.7 Å². The van der Waals surface area contributed by atoms with E-state index in [1.807, 2.05) is 25.1 Å². The van der Waals surface area contributed by atoms with Crippen molar-refractivity contribution in [2.75, 3.05) is 21.3 Å². The van der Waals surface area contributed by atoms with Crippen molar-refractivity contribution < 1.29 is 27.2 Å². The van der Waals surface area contributed by atoms with Gasteiger partial charge in [-0.05, 0) is 43.7 Å². The average Bonchev–Trinajstić information content (AvgIpc) is 3.57. The number of aryl methyl sites for hydroxylation is 1. The Labute approximate surface area is 230 Å². The maximum atomic E-state index is 13.8. The van der Waals surface area contributed by atoms with Crippen LogP contribution in [-0.4, -0.2) is 64.9 Å². The van der Waals surface area contributed by atoms with Gasteiger partial charge in [0.25, 0.3) is 0 Å². The van der Waals surface area contributed by atoms with Gasteiger partial charge in [-0.15, -0.1) is 10.2 Å². The van der Waals surface area contributed by atoms with E-state index >= 15 is 0 Å². The zero-order valence-electron chi connectivity index (χ0n) is 22.6. The summed E-state index contributed by atoms with van der Waals surface area (Å²) < 4.78 is 51.6. The van der Waals surface area contributed by atoms with Crippen molar-refractivity contribution in [3.8, 4) is 28.7 Å². The molecule has 0 radical (unpaired) electrons. The number of methoxy groups -OCH3 is 3. The molecule has 0 saturated heterocycles. The van der Waals surface area contributed by atoms with E-state index in [1.165, 1.54) is 21.3 Å². The fourth-order valence-electron chi connectivity index (χ4n) is 4.45. The minimum Gasteiger partial charge on any atom is -0.494 e. The molecule has 2 aromatic carbocycles. The van der Waals surface area contributed by atoms with Crippen LogP contribution in [0.15, 0.2) is 59.4 Å². The zero-order valence-corrected chi connectivity index (χ0v) is 23.4. The number of aromatic nitrogens is 6. The van der Waals surface area contributed by atoms with Gasteiger partial charge >= 0.3 is 0 Å². The quantitative estimate of drug-likeness (QED) is 0.244. The smallest absolute Gasteiger partial charge is 0.191 e. The van der Waals surface area contributed by atoms with Crippen molar-refractivity contribution in [2.24, 2.45) is 0 Å². The van der Waals surface area contributed by atoms with Gasteiger partial charge in [0.15, 0.2) is 38.6 Å². The molecule has 0 amide bonds. The Balaban J connectivity index is 1.65. The lowest BCUT2D eigenvalue weighted by molar-refractivity contribution is 0.0947. The highest BCUT2D eigenvalue weighted by atomic mass is 32.2. The lowest BCUT2D eigenvalue weighted by atomic mass is 10.2. The Bertz CT molecular complexity index is 1730. The van der Waals surface area contributed by atoms with E-state index in [2.05, 4.69) is 25.3 Å². The Morgan fingerprint density at radius 1 is 0.950 bits per heavy atom. The molecule has 3 aromatic heterocycles. The Morgan fingerprint density at radius 2 is 1.62 bits per heavy atom. The highest BCUT2D eigenvalue weighted by molar-refractivity contribution is 7.91. The maximum Gasteiger partial charge on any atom is 0.191 e. The van der Waals surface area contributed by atoms with Gasteiger partial charge in [0.05, 0.1) is 24.9 Å². The molecular weight excluding hydrogens is 536 g/mol. The van der Waals surface area contributed by atoms with Crippen LogP contribution in [0.4, 0.5) is 0 Å². The third kappa shape index (κ3) is 4.89. The van der Waals surface area contributed by atoms with Crippen LogP contribution in [0.1, 0.15) is 30.2 Å². The normalized spacial score (nSPS) is 13.3. The predicted octanol–water partition coefficient (Wildman–Crippen LogP) is 3.88. The first-order valence-electron chi connectivity index (χ1n) is 12.3. The molecule has 2 atom stereocenters. The molecule has 208 valence electrons. The number of hydrogen-bond acceptors (Lipinski definition) is 11. The highest BCUT2D eigenvalue weighted by Crippen LogP contribution is 2.38. The van der Waals surface area contributed by atoms with Gasteiger partial charge in [-0.2, -0.15) is 0 Å². The summed E-state index contributed by atoms with van der Waals surface area (Å²) in [5.41, 5.74) is 2.20. The highest BCUT2D eigenvalue weighted by Gasteiger charge is 2.35. The molecular formula is C27H28N6O6S. The summed E-state index contributed by atoms with van der Waals surface area (Å²) >= 11 is 0. The van der Waals surface area contributed by atoms with E-state index in [9.17, 15) is 8.42 Å². The summed E-state index contributed by atoms with van der Waals surface area (Å²) in [5, 5.41) is 12.6. The number of para-hydroxylation sites is 2. The molecule has 40 heavy (non-hydrogen) atoms. The van der Waals surface area contributed by atoms with E-state index in [4.69, 9.17) is 18.7 Å². The number of benzene rings is 2. The molecule has 0 aliphatic carbocycles. The van der Waals surface area contributed by atoms with Crippen LogP contribution in [0.2, 0.25) is 0 Å². The first-order valence-corrected chi connectivity index (χ1v) is 14.0. The summed E-state index contributed by atoms with van der Waals surface area (Å²) in [6, 6.07) is 12.5. The van der Waals surface area contributed by atoms with Gasteiger partial charge in [0, 0.05) is 19.5 Å². The topological polar surface area (TPSA) is 144 Å².